The van der Waals surface area contributed by atoms with E-state index in [4.69, 9.17) is 11.8 Å². The molecule has 12 heavy (non-hydrogen) atoms. The highest BCUT2D eigenvalue weighted by Crippen LogP contribution is 2.60. The highest BCUT2D eigenvalue weighted by atomic mass is 33.2. The fourth-order valence-corrected chi connectivity index (χ4v) is 2.58. The van der Waals surface area contributed by atoms with Gasteiger partial charge in [-0.2, -0.15) is 0 Å². The van der Waals surface area contributed by atoms with Crippen LogP contribution in [0.25, 0.3) is 0 Å². The molecule has 0 aromatic carbocycles. The Bertz CT molecular complexity index is 221. The van der Waals surface area contributed by atoms with Gasteiger partial charge in [0.25, 0.3) is 0 Å². The molecule has 0 aromatic heterocycles. The molecule has 2 nitrogen and oxygen atoms in total. The SMILES string of the molecule is CCOC(=O)C=CSP(C)(=S)S. The second kappa shape index (κ2) is 6.08. The molecular formula is C6H11O2PS3. The van der Waals surface area contributed by atoms with Gasteiger partial charge >= 0.3 is 5.97 Å². The van der Waals surface area contributed by atoms with E-state index < -0.39 is 4.44 Å². The van der Waals surface area contributed by atoms with Crippen LogP contribution in [-0.4, -0.2) is 19.2 Å². The van der Waals surface area contributed by atoms with E-state index in [2.05, 4.69) is 17.0 Å². The minimum Gasteiger partial charge on any atom is -0.463 e. The van der Waals surface area contributed by atoms with Gasteiger partial charge < -0.3 is 4.74 Å². The molecule has 0 fully saturated rings. The van der Waals surface area contributed by atoms with Gasteiger partial charge in [-0.1, -0.05) is 23.2 Å². The van der Waals surface area contributed by atoms with Crippen molar-refractivity contribution in [1.82, 2.24) is 0 Å². The molecule has 0 saturated heterocycles. The normalized spacial score (nSPS) is 15.9. The van der Waals surface area contributed by atoms with Gasteiger partial charge in [0.05, 0.1) is 11.0 Å². The van der Waals surface area contributed by atoms with Crippen molar-refractivity contribution in [2.45, 2.75) is 6.92 Å². The van der Waals surface area contributed by atoms with Crippen LogP contribution in [0, 0.1) is 0 Å². The van der Waals surface area contributed by atoms with Crippen LogP contribution >= 0.6 is 28.1 Å². The van der Waals surface area contributed by atoms with Crippen molar-refractivity contribution >= 4 is 45.8 Å². The Labute approximate surface area is 87.0 Å². The summed E-state index contributed by atoms with van der Waals surface area (Å²) in [6.07, 6.45) is 1.37. The summed E-state index contributed by atoms with van der Waals surface area (Å²) < 4.78 is 3.08. The van der Waals surface area contributed by atoms with Crippen LogP contribution in [0.2, 0.25) is 0 Å². The van der Waals surface area contributed by atoms with E-state index in [1.165, 1.54) is 17.5 Å². The number of hydrogen-bond acceptors (Lipinski definition) is 4. The van der Waals surface area contributed by atoms with Crippen molar-refractivity contribution in [1.29, 1.82) is 0 Å². The number of thiol groups is 1. The molecule has 0 aromatic rings. The zero-order chi connectivity index (χ0) is 9.61. The Kier molecular flexibility index (Phi) is 6.36. The second-order valence-corrected chi connectivity index (χ2v) is 13.8. The minimum absolute atomic E-state index is 0.332. The molecule has 0 rings (SSSR count). The quantitative estimate of drug-likeness (QED) is 0.355. The van der Waals surface area contributed by atoms with Gasteiger partial charge in [-0.3, -0.25) is 0 Å². The summed E-state index contributed by atoms with van der Waals surface area (Å²) in [6.45, 7) is 4.04. The van der Waals surface area contributed by atoms with E-state index >= 15 is 0 Å². The molecule has 0 aliphatic rings. The molecule has 1 unspecified atom stereocenters. The van der Waals surface area contributed by atoms with Crippen molar-refractivity contribution in [2.75, 3.05) is 13.3 Å². The van der Waals surface area contributed by atoms with Gasteiger partial charge in [0.15, 0.2) is 0 Å². The predicted molar refractivity (Wildman–Crippen MR) is 62.6 cm³/mol. The number of hydrogen-bond donors (Lipinski definition) is 1. The lowest BCUT2D eigenvalue weighted by Crippen LogP contribution is -1.98. The van der Waals surface area contributed by atoms with E-state index in [0.29, 0.717) is 6.61 Å². The molecule has 70 valence electrons. The van der Waals surface area contributed by atoms with Crippen molar-refractivity contribution in [3.8, 4) is 0 Å². The first kappa shape index (κ1) is 12.6. The first-order chi connectivity index (χ1) is 5.45. The van der Waals surface area contributed by atoms with E-state index in [1.807, 2.05) is 6.66 Å². The molecule has 6 heteroatoms. The molecule has 0 amide bonds. The topological polar surface area (TPSA) is 26.3 Å². The maximum Gasteiger partial charge on any atom is 0.331 e. The largest absolute Gasteiger partial charge is 0.463 e. The molecule has 1 atom stereocenters. The fraction of sp³-hybridized carbons (Fsp3) is 0.500. The Morgan fingerprint density at radius 3 is 2.83 bits per heavy atom. The molecule has 0 saturated carbocycles. The number of rotatable bonds is 4. The molecule has 0 heterocycles. The van der Waals surface area contributed by atoms with Crippen molar-refractivity contribution in [2.24, 2.45) is 0 Å². The summed E-state index contributed by atoms with van der Waals surface area (Å²) in [6, 6.07) is 0. The summed E-state index contributed by atoms with van der Waals surface area (Å²) in [5, 5.41) is 1.64. The maximum absolute atomic E-state index is 10.8. The highest BCUT2D eigenvalue weighted by molar-refractivity contribution is 8.97. The number of esters is 1. The third-order valence-electron chi connectivity index (χ3n) is 0.747. The van der Waals surface area contributed by atoms with Gasteiger partial charge in [-0.25, -0.2) is 4.79 Å². The standard InChI is InChI=1S/C6H11O2PS3/c1-3-8-6(7)4-5-12-9(2,10)11/h4-5H,3H2,1-2H3,(H,10,11). The molecule has 0 aliphatic heterocycles. The summed E-state index contributed by atoms with van der Waals surface area (Å²) in [4.78, 5) is 10.8. The first-order valence-corrected chi connectivity index (χ1v) is 9.16. The third-order valence-corrected chi connectivity index (χ3v) is 4.56. The van der Waals surface area contributed by atoms with E-state index in [0.717, 1.165) is 0 Å². The van der Waals surface area contributed by atoms with Crippen LogP contribution < -0.4 is 0 Å². The second-order valence-electron chi connectivity index (χ2n) is 1.96. The Morgan fingerprint density at radius 2 is 2.42 bits per heavy atom. The fourth-order valence-electron chi connectivity index (χ4n) is 0.389. The average molecular weight is 242 g/mol. The average Bonchev–Trinajstić information content (AvgIpc) is 1.84. The van der Waals surface area contributed by atoms with Gasteiger partial charge in [-0.15, -0.1) is 12.2 Å². The van der Waals surface area contributed by atoms with Crippen LogP contribution in [-0.2, 0) is 21.3 Å². The van der Waals surface area contributed by atoms with Gasteiger partial charge in [0.1, 0.15) is 0 Å². The van der Waals surface area contributed by atoms with Crippen molar-refractivity contribution < 1.29 is 9.53 Å². The summed E-state index contributed by atoms with van der Waals surface area (Å²) in [7, 11) is 0. The van der Waals surface area contributed by atoms with Crippen LogP contribution in [0.3, 0.4) is 0 Å². The van der Waals surface area contributed by atoms with E-state index in [9.17, 15) is 4.79 Å². The number of ether oxygens (including phenoxy) is 1. The lowest BCUT2D eigenvalue weighted by Gasteiger charge is -2.02. The smallest absolute Gasteiger partial charge is 0.331 e. The monoisotopic (exact) mass is 242 g/mol. The van der Waals surface area contributed by atoms with Crippen molar-refractivity contribution in [3.05, 3.63) is 11.5 Å². The molecule has 0 N–H and O–H groups in total. The molecule has 0 spiro atoms. The lowest BCUT2D eigenvalue weighted by atomic mass is 10.6. The van der Waals surface area contributed by atoms with Gasteiger partial charge in [0.2, 0.25) is 0 Å². The Hall–Kier alpha value is 0.560. The third kappa shape index (κ3) is 8.65. The van der Waals surface area contributed by atoms with Crippen LogP contribution in [0.5, 0.6) is 0 Å². The lowest BCUT2D eigenvalue weighted by molar-refractivity contribution is -0.137. The van der Waals surface area contributed by atoms with Crippen LogP contribution in [0.1, 0.15) is 6.92 Å². The maximum atomic E-state index is 10.8. The summed E-state index contributed by atoms with van der Waals surface area (Å²) >= 11 is 10.6. The van der Waals surface area contributed by atoms with Crippen molar-refractivity contribution in [3.63, 3.8) is 0 Å². The zero-order valence-corrected chi connectivity index (χ0v) is 10.3. The molecule has 0 radical (unpaired) electrons. The molecular weight excluding hydrogens is 231 g/mol. The highest BCUT2D eigenvalue weighted by Gasteiger charge is 2.00. The first-order valence-electron chi connectivity index (χ1n) is 3.27. The molecule has 0 bridgehead atoms. The Balaban J connectivity index is 3.77. The van der Waals surface area contributed by atoms with E-state index in [1.54, 1.807) is 12.3 Å². The van der Waals surface area contributed by atoms with Crippen LogP contribution in [0.15, 0.2) is 11.5 Å². The zero-order valence-electron chi connectivity index (χ0n) is 6.89. The number of carbonyl (C=O) groups is 1. The Morgan fingerprint density at radius 1 is 1.83 bits per heavy atom. The summed E-state index contributed by atoms with van der Waals surface area (Å²) in [5.74, 6) is -0.332. The minimum atomic E-state index is -1.59. The van der Waals surface area contributed by atoms with E-state index in [-0.39, 0.29) is 5.97 Å². The number of carbonyl (C=O) groups excluding carboxylic acids is 1. The molecule has 0 aliphatic carbocycles. The van der Waals surface area contributed by atoms with Gasteiger partial charge in [-0.05, 0) is 19.0 Å². The van der Waals surface area contributed by atoms with Crippen LogP contribution in [0.4, 0.5) is 0 Å². The van der Waals surface area contributed by atoms with Gasteiger partial charge in [0, 0.05) is 6.08 Å². The predicted octanol–water partition coefficient (Wildman–Crippen LogP) is 2.67. The summed E-state index contributed by atoms with van der Waals surface area (Å²) in [5.41, 5.74) is 0.